The zero-order valence-corrected chi connectivity index (χ0v) is 13.8. The van der Waals surface area contributed by atoms with Gasteiger partial charge in [0.15, 0.2) is 9.84 Å². The number of likely N-dealkylation sites (tertiary alicyclic amines) is 1. The molecule has 2 rings (SSSR count). The minimum Gasteiger partial charge on any atom is -0.358 e. The highest BCUT2D eigenvalue weighted by Gasteiger charge is 2.36. The summed E-state index contributed by atoms with van der Waals surface area (Å²) in [7, 11) is -1.30. The fourth-order valence-corrected chi connectivity index (χ4v) is 4.88. The van der Waals surface area contributed by atoms with Gasteiger partial charge in [-0.05, 0) is 25.7 Å². The molecule has 0 spiro atoms. The first-order valence-electron chi connectivity index (χ1n) is 7.78. The fraction of sp³-hybridized carbons (Fsp3) is 0.929. The van der Waals surface area contributed by atoms with Gasteiger partial charge in [-0.1, -0.05) is 6.42 Å². The van der Waals surface area contributed by atoms with E-state index < -0.39 is 9.84 Å². The molecule has 2 N–H and O–H groups in total. The molecule has 7 heteroatoms. The van der Waals surface area contributed by atoms with Crippen LogP contribution in [0.5, 0.6) is 0 Å². The molecule has 0 aromatic heterocycles. The third-order valence-corrected chi connectivity index (χ3v) is 6.35. The number of carbonyl (C=O) groups excluding carboxylic acids is 1. The molecule has 0 aromatic carbocycles. The van der Waals surface area contributed by atoms with E-state index in [2.05, 4.69) is 15.5 Å². The Morgan fingerprint density at radius 1 is 1.19 bits per heavy atom. The summed E-state index contributed by atoms with van der Waals surface area (Å²) in [5.74, 6) is 0.0503. The summed E-state index contributed by atoms with van der Waals surface area (Å²) >= 11 is 0. The van der Waals surface area contributed by atoms with Gasteiger partial charge in [0.1, 0.15) is 0 Å². The average molecular weight is 317 g/mol. The Bertz CT molecular complexity index is 458. The van der Waals surface area contributed by atoms with Crippen LogP contribution in [-0.2, 0) is 14.6 Å². The molecule has 1 saturated carbocycles. The second-order valence-corrected chi connectivity index (χ2v) is 8.56. The smallest absolute Gasteiger partial charge is 0.233 e. The van der Waals surface area contributed by atoms with E-state index >= 15 is 0 Å². The van der Waals surface area contributed by atoms with Gasteiger partial charge in [-0.3, -0.25) is 9.69 Å². The molecule has 1 saturated heterocycles. The van der Waals surface area contributed by atoms with Crippen LogP contribution >= 0.6 is 0 Å². The van der Waals surface area contributed by atoms with Crippen molar-refractivity contribution in [3.63, 3.8) is 0 Å². The Labute approximate surface area is 127 Å². The first-order valence-corrected chi connectivity index (χ1v) is 9.73. The Hall–Kier alpha value is -0.660. The summed E-state index contributed by atoms with van der Waals surface area (Å²) in [5, 5.41) is 5.98. The van der Waals surface area contributed by atoms with E-state index in [1.54, 1.807) is 7.05 Å². The number of hydrogen-bond donors (Lipinski definition) is 2. The molecule has 1 heterocycles. The average Bonchev–Trinajstić information content (AvgIpc) is 2.89. The van der Waals surface area contributed by atoms with Crippen molar-refractivity contribution in [2.24, 2.45) is 0 Å². The summed E-state index contributed by atoms with van der Waals surface area (Å²) < 4.78 is 23.6. The normalized spacial score (nSPS) is 28.7. The number of nitrogens with zero attached hydrogens (tertiary/aromatic N) is 1. The standard InChI is InChI=1S/C14H27N3O3S/c1-15-14(18)10-17-8-6-11(7-9-17)16-12-4-3-5-13(12)21(2,19)20/h11-13,16H,3-10H2,1-2H3,(H,15,18). The number of amides is 1. The van der Waals surface area contributed by atoms with E-state index in [9.17, 15) is 13.2 Å². The Morgan fingerprint density at radius 2 is 1.86 bits per heavy atom. The fourth-order valence-electron chi connectivity index (χ4n) is 3.47. The monoisotopic (exact) mass is 317 g/mol. The highest BCUT2D eigenvalue weighted by atomic mass is 32.2. The topological polar surface area (TPSA) is 78.5 Å². The molecule has 1 aliphatic carbocycles. The molecule has 2 fully saturated rings. The molecular formula is C14H27N3O3S. The maximum Gasteiger partial charge on any atom is 0.233 e. The predicted molar refractivity (Wildman–Crippen MR) is 82.9 cm³/mol. The van der Waals surface area contributed by atoms with Crippen molar-refractivity contribution >= 4 is 15.7 Å². The zero-order chi connectivity index (χ0) is 15.5. The summed E-state index contributed by atoms with van der Waals surface area (Å²) in [5.41, 5.74) is 0. The third kappa shape index (κ3) is 4.66. The molecule has 2 unspecified atom stereocenters. The van der Waals surface area contributed by atoms with Gasteiger partial charge in [-0.2, -0.15) is 0 Å². The Balaban J connectivity index is 1.79. The van der Waals surface area contributed by atoms with Crippen LogP contribution in [0.25, 0.3) is 0 Å². The van der Waals surface area contributed by atoms with E-state index in [1.807, 2.05) is 0 Å². The third-order valence-electron chi connectivity index (χ3n) is 4.69. The number of sulfone groups is 1. The van der Waals surface area contributed by atoms with Gasteiger partial charge < -0.3 is 10.6 Å². The van der Waals surface area contributed by atoms with Crippen LogP contribution in [0.15, 0.2) is 0 Å². The number of likely N-dealkylation sites (N-methyl/N-ethyl adjacent to an activating group) is 1. The Morgan fingerprint density at radius 3 is 2.43 bits per heavy atom. The van der Waals surface area contributed by atoms with Crippen molar-refractivity contribution < 1.29 is 13.2 Å². The summed E-state index contributed by atoms with van der Waals surface area (Å²) in [6.07, 6.45) is 6.03. The highest BCUT2D eigenvalue weighted by molar-refractivity contribution is 7.91. The lowest BCUT2D eigenvalue weighted by atomic mass is 10.0. The molecule has 6 nitrogen and oxygen atoms in total. The summed E-state index contributed by atoms with van der Waals surface area (Å²) in [4.78, 5) is 13.5. The lowest BCUT2D eigenvalue weighted by Crippen LogP contribution is -2.50. The second-order valence-electron chi connectivity index (χ2n) is 6.30. The van der Waals surface area contributed by atoms with E-state index in [0.717, 1.165) is 45.2 Å². The van der Waals surface area contributed by atoms with Gasteiger partial charge in [0, 0.05) is 38.5 Å². The van der Waals surface area contributed by atoms with Crippen molar-refractivity contribution in [3.05, 3.63) is 0 Å². The molecule has 2 atom stereocenters. The van der Waals surface area contributed by atoms with E-state index in [1.165, 1.54) is 6.26 Å². The molecule has 2 aliphatic rings. The molecule has 0 aromatic rings. The number of nitrogens with one attached hydrogen (secondary N) is 2. The van der Waals surface area contributed by atoms with Crippen LogP contribution in [0.2, 0.25) is 0 Å². The minimum atomic E-state index is -2.96. The van der Waals surface area contributed by atoms with Crippen LogP contribution in [0.1, 0.15) is 32.1 Å². The quantitative estimate of drug-likeness (QED) is 0.731. The van der Waals surface area contributed by atoms with Gasteiger partial charge in [-0.25, -0.2) is 8.42 Å². The molecule has 122 valence electrons. The van der Waals surface area contributed by atoms with Gasteiger partial charge in [-0.15, -0.1) is 0 Å². The Kier molecular flexibility index (Phi) is 5.62. The molecule has 0 bridgehead atoms. The molecule has 1 amide bonds. The van der Waals surface area contributed by atoms with Crippen molar-refractivity contribution in [1.82, 2.24) is 15.5 Å². The van der Waals surface area contributed by atoms with E-state index in [0.29, 0.717) is 12.6 Å². The lowest BCUT2D eigenvalue weighted by Gasteiger charge is -2.34. The number of carbonyl (C=O) groups is 1. The number of hydrogen-bond acceptors (Lipinski definition) is 5. The summed E-state index contributed by atoms with van der Waals surface area (Å²) in [6, 6.07) is 0.480. The van der Waals surface area contributed by atoms with Crippen molar-refractivity contribution in [3.8, 4) is 0 Å². The van der Waals surface area contributed by atoms with Gasteiger partial charge in [0.05, 0.1) is 11.8 Å². The van der Waals surface area contributed by atoms with Crippen molar-refractivity contribution in [1.29, 1.82) is 0 Å². The van der Waals surface area contributed by atoms with Gasteiger partial charge in [0.2, 0.25) is 5.91 Å². The van der Waals surface area contributed by atoms with E-state index in [4.69, 9.17) is 0 Å². The van der Waals surface area contributed by atoms with Crippen LogP contribution in [0.4, 0.5) is 0 Å². The van der Waals surface area contributed by atoms with E-state index in [-0.39, 0.29) is 17.2 Å². The van der Waals surface area contributed by atoms with Gasteiger partial charge in [0.25, 0.3) is 0 Å². The SMILES string of the molecule is CNC(=O)CN1CCC(NC2CCCC2S(C)(=O)=O)CC1. The predicted octanol–water partition coefficient (Wildman–Crippen LogP) is -0.248. The molecule has 1 aliphatic heterocycles. The second kappa shape index (κ2) is 7.07. The zero-order valence-electron chi connectivity index (χ0n) is 13.0. The minimum absolute atomic E-state index is 0.0503. The number of piperidine rings is 1. The van der Waals surface area contributed by atoms with Crippen LogP contribution in [0, 0.1) is 0 Å². The lowest BCUT2D eigenvalue weighted by molar-refractivity contribution is -0.122. The van der Waals surface area contributed by atoms with Crippen LogP contribution in [0.3, 0.4) is 0 Å². The van der Waals surface area contributed by atoms with Crippen LogP contribution in [-0.4, -0.2) is 69.5 Å². The highest BCUT2D eigenvalue weighted by Crippen LogP contribution is 2.26. The molecule has 0 radical (unpaired) electrons. The maximum absolute atomic E-state index is 11.8. The summed E-state index contributed by atoms with van der Waals surface area (Å²) in [6.45, 7) is 2.24. The first kappa shape index (κ1) is 16.7. The largest absolute Gasteiger partial charge is 0.358 e. The van der Waals surface area contributed by atoms with Crippen molar-refractivity contribution in [2.45, 2.75) is 49.4 Å². The van der Waals surface area contributed by atoms with Crippen molar-refractivity contribution in [2.75, 3.05) is 32.9 Å². The maximum atomic E-state index is 11.8. The first-order chi connectivity index (χ1) is 9.90. The van der Waals surface area contributed by atoms with Gasteiger partial charge >= 0.3 is 0 Å². The molecular weight excluding hydrogens is 290 g/mol. The number of rotatable bonds is 5. The molecule has 21 heavy (non-hydrogen) atoms. The van der Waals surface area contributed by atoms with Crippen LogP contribution < -0.4 is 10.6 Å².